The smallest absolute Gasteiger partial charge is 0.309 e. The fraction of sp³-hybridized carbons (Fsp3) is 0.909. The van der Waals surface area contributed by atoms with E-state index in [-0.39, 0.29) is 0 Å². The summed E-state index contributed by atoms with van der Waals surface area (Å²) in [5, 5.41) is 8.95. The van der Waals surface area contributed by atoms with Gasteiger partial charge in [0.15, 0.2) is 0 Å². The van der Waals surface area contributed by atoms with Crippen molar-refractivity contribution in [3.05, 3.63) is 0 Å². The first kappa shape index (κ1) is 14.4. The Kier molecular flexibility index (Phi) is 5.83. The largest absolute Gasteiger partial charge is 0.481 e. The van der Waals surface area contributed by atoms with Crippen LogP contribution in [0.2, 0.25) is 0 Å². The number of nitrogens with zero attached hydrogens (tertiary/aromatic N) is 1. The number of carboxylic acids is 1. The maximum Gasteiger partial charge on any atom is 0.309 e. The van der Waals surface area contributed by atoms with Gasteiger partial charge in [0.05, 0.1) is 12.0 Å². The number of aliphatic carboxylic acids is 1. The van der Waals surface area contributed by atoms with E-state index >= 15 is 0 Å². The van der Waals surface area contributed by atoms with Gasteiger partial charge in [-0.2, -0.15) is 0 Å². The number of likely N-dealkylation sites (N-methyl/N-ethyl adjacent to an activating group) is 1. The zero-order valence-electron chi connectivity index (χ0n) is 10.4. The predicted molar refractivity (Wildman–Crippen MR) is 60.0 cm³/mol. The second-order valence-corrected chi connectivity index (χ2v) is 4.72. The number of hydrogen-bond donors (Lipinski definition) is 1. The molecule has 15 heavy (non-hydrogen) atoms. The molecule has 0 amide bonds. The minimum Gasteiger partial charge on any atom is -0.481 e. The van der Waals surface area contributed by atoms with Crippen LogP contribution in [0.4, 0.5) is 0 Å². The number of carboxylic acid groups (broad SMARTS) is 1. The van der Waals surface area contributed by atoms with E-state index in [9.17, 15) is 4.79 Å². The average Bonchev–Trinajstić information content (AvgIpc) is 2.14. The number of rotatable bonds is 7. The number of hydrogen-bond acceptors (Lipinski definition) is 3. The molecule has 4 heteroatoms. The third-order valence-corrected chi connectivity index (χ3v) is 2.83. The SMILES string of the molecule is COCC(C)N(C)CCC(C)(C)C(=O)O. The van der Waals surface area contributed by atoms with Gasteiger partial charge < -0.3 is 14.7 Å². The minimum atomic E-state index is -0.740. The summed E-state index contributed by atoms with van der Waals surface area (Å²) in [5.74, 6) is -0.740. The summed E-state index contributed by atoms with van der Waals surface area (Å²) < 4.78 is 5.05. The number of methoxy groups -OCH3 is 1. The standard InChI is InChI=1S/C11H23NO3/c1-9(8-15-5)12(4)7-6-11(2,3)10(13)14/h9H,6-8H2,1-5H3,(H,13,14). The summed E-state index contributed by atoms with van der Waals surface area (Å²) in [4.78, 5) is 13.0. The van der Waals surface area contributed by atoms with Crippen molar-refractivity contribution < 1.29 is 14.6 Å². The van der Waals surface area contributed by atoms with Gasteiger partial charge in [-0.1, -0.05) is 0 Å². The van der Waals surface area contributed by atoms with Crippen LogP contribution < -0.4 is 0 Å². The molecular weight excluding hydrogens is 194 g/mol. The zero-order valence-corrected chi connectivity index (χ0v) is 10.4. The highest BCUT2D eigenvalue weighted by molar-refractivity contribution is 5.73. The van der Waals surface area contributed by atoms with Crippen LogP contribution in [0.1, 0.15) is 27.2 Å². The fourth-order valence-electron chi connectivity index (χ4n) is 1.15. The lowest BCUT2D eigenvalue weighted by Crippen LogP contribution is -2.36. The molecule has 0 aliphatic rings. The topological polar surface area (TPSA) is 49.8 Å². The molecule has 0 aromatic carbocycles. The third-order valence-electron chi connectivity index (χ3n) is 2.83. The first-order valence-electron chi connectivity index (χ1n) is 5.24. The van der Waals surface area contributed by atoms with E-state index in [4.69, 9.17) is 9.84 Å². The van der Waals surface area contributed by atoms with Crippen LogP contribution >= 0.6 is 0 Å². The van der Waals surface area contributed by atoms with Crippen LogP contribution in [-0.2, 0) is 9.53 Å². The van der Waals surface area contributed by atoms with Gasteiger partial charge in [0.25, 0.3) is 0 Å². The van der Waals surface area contributed by atoms with Crippen LogP contribution in [0.15, 0.2) is 0 Å². The molecule has 0 aliphatic heterocycles. The van der Waals surface area contributed by atoms with Crippen LogP contribution in [0.3, 0.4) is 0 Å². The van der Waals surface area contributed by atoms with E-state index in [0.29, 0.717) is 19.1 Å². The summed E-state index contributed by atoms with van der Waals surface area (Å²) >= 11 is 0. The van der Waals surface area contributed by atoms with Crippen molar-refractivity contribution in [1.82, 2.24) is 4.90 Å². The maximum absolute atomic E-state index is 10.9. The average molecular weight is 217 g/mol. The van der Waals surface area contributed by atoms with E-state index in [2.05, 4.69) is 11.8 Å². The van der Waals surface area contributed by atoms with Gasteiger partial charge in [-0.25, -0.2) is 0 Å². The second kappa shape index (κ2) is 6.08. The molecule has 1 atom stereocenters. The molecule has 1 N–H and O–H groups in total. The first-order valence-corrected chi connectivity index (χ1v) is 5.24. The van der Waals surface area contributed by atoms with Crippen LogP contribution in [0.25, 0.3) is 0 Å². The lowest BCUT2D eigenvalue weighted by Gasteiger charge is -2.27. The van der Waals surface area contributed by atoms with Gasteiger partial charge in [0.1, 0.15) is 0 Å². The summed E-state index contributed by atoms with van der Waals surface area (Å²) in [6.45, 7) is 7.01. The molecule has 0 fully saturated rings. The van der Waals surface area contributed by atoms with E-state index in [1.807, 2.05) is 7.05 Å². The molecular formula is C11H23NO3. The molecule has 1 unspecified atom stereocenters. The van der Waals surface area contributed by atoms with Crippen molar-refractivity contribution in [2.75, 3.05) is 27.3 Å². The second-order valence-electron chi connectivity index (χ2n) is 4.72. The Balaban J connectivity index is 3.99. The maximum atomic E-state index is 10.9. The Labute approximate surface area is 92.2 Å². The lowest BCUT2D eigenvalue weighted by atomic mass is 9.89. The lowest BCUT2D eigenvalue weighted by molar-refractivity contribution is -0.147. The fourth-order valence-corrected chi connectivity index (χ4v) is 1.15. The van der Waals surface area contributed by atoms with Crippen molar-refractivity contribution in [3.63, 3.8) is 0 Å². The highest BCUT2D eigenvalue weighted by Gasteiger charge is 2.27. The van der Waals surface area contributed by atoms with Gasteiger partial charge in [0.2, 0.25) is 0 Å². The Bertz CT molecular complexity index is 204. The predicted octanol–water partition coefficient (Wildman–Crippen LogP) is 1.45. The molecule has 0 aromatic rings. The quantitative estimate of drug-likeness (QED) is 0.701. The molecule has 0 saturated heterocycles. The van der Waals surface area contributed by atoms with Gasteiger partial charge >= 0.3 is 5.97 Å². The van der Waals surface area contributed by atoms with E-state index < -0.39 is 11.4 Å². The molecule has 0 aliphatic carbocycles. The highest BCUT2D eigenvalue weighted by atomic mass is 16.5. The Morgan fingerprint density at radius 1 is 1.53 bits per heavy atom. The molecule has 0 rings (SSSR count). The van der Waals surface area contributed by atoms with Crippen LogP contribution in [-0.4, -0.2) is 49.3 Å². The van der Waals surface area contributed by atoms with Crippen LogP contribution in [0, 0.1) is 5.41 Å². The van der Waals surface area contributed by atoms with Crippen molar-refractivity contribution in [2.45, 2.75) is 33.2 Å². The van der Waals surface area contributed by atoms with Crippen molar-refractivity contribution >= 4 is 5.97 Å². The molecule has 4 nitrogen and oxygen atoms in total. The molecule has 90 valence electrons. The number of ether oxygens (including phenoxy) is 1. The first-order chi connectivity index (χ1) is 6.81. The van der Waals surface area contributed by atoms with Gasteiger partial charge in [0, 0.05) is 13.2 Å². The summed E-state index contributed by atoms with van der Waals surface area (Å²) in [6.07, 6.45) is 0.646. The Morgan fingerprint density at radius 2 is 2.07 bits per heavy atom. The van der Waals surface area contributed by atoms with E-state index in [1.165, 1.54) is 0 Å². The van der Waals surface area contributed by atoms with Crippen molar-refractivity contribution in [2.24, 2.45) is 5.41 Å². The summed E-state index contributed by atoms with van der Waals surface area (Å²) in [6, 6.07) is 0.319. The molecule has 0 bridgehead atoms. The Hall–Kier alpha value is -0.610. The molecule has 0 heterocycles. The Morgan fingerprint density at radius 3 is 2.47 bits per heavy atom. The van der Waals surface area contributed by atoms with E-state index in [1.54, 1.807) is 21.0 Å². The molecule has 0 aromatic heterocycles. The summed E-state index contributed by atoms with van der Waals surface area (Å²) in [7, 11) is 3.66. The highest BCUT2D eigenvalue weighted by Crippen LogP contribution is 2.20. The molecule has 0 spiro atoms. The van der Waals surface area contributed by atoms with Gasteiger partial charge in [-0.3, -0.25) is 4.79 Å². The van der Waals surface area contributed by atoms with Gasteiger partial charge in [-0.05, 0) is 40.8 Å². The van der Waals surface area contributed by atoms with Gasteiger partial charge in [-0.15, -0.1) is 0 Å². The van der Waals surface area contributed by atoms with Crippen LogP contribution in [0.5, 0.6) is 0 Å². The number of carbonyl (C=O) groups is 1. The van der Waals surface area contributed by atoms with E-state index in [0.717, 1.165) is 6.54 Å². The minimum absolute atomic E-state index is 0.319. The zero-order chi connectivity index (χ0) is 12.1. The summed E-state index contributed by atoms with van der Waals surface area (Å²) in [5.41, 5.74) is -0.652. The third kappa shape index (κ3) is 5.14. The normalized spacial score (nSPS) is 14.3. The van der Waals surface area contributed by atoms with Crippen molar-refractivity contribution in [1.29, 1.82) is 0 Å². The molecule has 0 saturated carbocycles. The molecule has 0 radical (unpaired) electrons. The monoisotopic (exact) mass is 217 g/mol. The van der Waals surface area contributed by atoms with Crippen molar-refractivity contribution in [3.8, 4) is 0 Å².